The van der Waals surface area contributed by atoms with Crippen LogP contribution in [0.5, 0.6) is 0 Å². The molecular weight excluding hydrogens is 262 g/mol. The van der Waals surface area contributed by atoms with Gasteiger partial charge in [-0.2, -0.15) is 0 Å². The molecule has 0 bridgehead atoms. The van der Waals surface area contributed by atoms with Gasteiger partial charge in [0.2, 0.25) is 0 Å². The molecule has 1 atom stereocenters. The van der Waals surface area contributed by atoms with Gasteiger partial charge in [-0.25, -0.2) is 8.78 Å². The molecular formula is C12H15BrF2. The van der Waals surface area contributed by atoms with Crippen LogP contribution in [-0.4, -0.2) is 4.83 Å². The van der Waals surface area contributed by atoms with Crippen molar-refractivity contribution in [2.75, 3.05) is 0 Å². The molecule has 0 fully saturated rings. The summed E-state index contributed by atoms with van der Waals surface area (Å²) in [5.41, 5.74) is 0.840. The first kappa shape index (κ1) is 12.6. The zero-order valence-electron chi connectivity index (χ0n) is 8.77. The smallest absolute Gasteiger partial charge is 0.159 e. The Morgan fingerprint density at radius 1 is 1.27 bits per heavy atom. The highest BCUT2D eigenvalue weighted by Crippen LogP contribution is 2.17. The molecule has 0 saturated heterocycles. The third-order valence-electron chi connectivity index (χ3n) is 2.31. The number of hydrogen-bond donors (Lipinski definition) is 0. The van der Waals surface area contributed by atoms with Gasteiger partial charge in [-0.1, -0.05) is 41.8 Å². The highest BCUT2D eigenvalue weighted by atomic mass is 79.9. The molecule has 0 aromatic heterocycles. The van der Waals surface area contributed by atoms with Crippen molar-refractivity contribution < 1.29 is 8.78 Å². The predicted octanol–water partition coefficient (Wildman–Crippen LogP) is 4.46. The van der Waals surface area contributed by atoms with Crippen LogP contribution in [0.25, 0.3) is 0 Å². The average Bonchev–Trinajstić information content (AvgIpc) is 2.20. The summed E-state index contributed by atoms with van der Waals surface area (Å²) >= 11 is 3.54. The predicted molar refractivity (Wildman–Crippen MR) is 62.3 cm³/mol. The van der Waals surface area contributed by atoms with E-state index < -0.39 is 11.6 Å². The molecule has 0 spiro atoms. The molecule has 0 aliphatic heterocycles. The van der Waals surface area contributed by atoms with Gasteiger partial charge in [-0.3, -0.25) is 0 Å². The van der Waals surface area contributed by atoms with E-state index in [4.69, 9.17) is 0 Å². The van der Waals surface area contributed by atoms with E-state index in [1.165, 1.54) is 12.1 Å². The van der Waals surface area contributed by atoms with Gasteiger partial charge < -0.3 is 0 Å². The standard InChI is InChI=1S/C12H15BrF2/c1-2-3-4-10(13)7-9-5-6-11(14)12(15)8-9/h5-6,8,10H,2-4,7H2,1H3. The molecule has 84 valence electrons. The van der Waals surface area contributed by atoms with Crippen LogP contribution in [0.1, 0.15) is 31.7 Å². The lowest BCUT2D eigenvalue weighted by Gasteiger charge is -2.09. The van der Waals surface area contributed by atoms with Gasteiger partial charge in [0.15, 0.2) is 11.6 Å². The number of alkyl halides is 1. The van der Waals surface area contributed by atoms with Crippen molar-refractivity contribution in [3.63, 3.8) is 0 Å². The molecule has 3 heteroatoms. The second-order valence-electron chi connectivity index (χ2n) is 3.69. The van der Waals surface area contributed by atoms with E-state index in [1.54, 1.807) is 6.07 Å². The zero-order chi connectivity index (χ0) is 11.3. The maximum absolute atomic E-state index is 12.9. The van der Waals surface area contributed by atoms with E-state index in [1.807, 2.05) is 0 Å². The summed E-state index contributed by atoms with van der Waals surface area (Å²) in [5, 5.41) is 0. The largest absolute Gasteiger partial charge is 0.204 e. The second kappa shape index (κ2) is 6.21. The Labute approximate surface area is 97.8 Å². The monoisotopic (exact) mass is 276 g/mol. The second-order valence-corrected chi connectivity index (χ2v) is 4.99. The van der Waals surface area contributed by atoms with Gasteiger partial charge in [0.25, 0.3) is 0 Å². The number of rotatable bonds is 5. The summed E-state index contributed by atoms with van der Waals surface area (Å²) in [6.07, 6.45) is 4.12. The van der Waals surface area contributed by atoms with Gasteiger partial charge in [0.1, 0.15) is 0 Å². The molecule has 0 amide bonds. The minimum atomic E-state index is -0.779. The summed E-state index contributed by atoms with van der Waals surface area (Å²) in [6.45, 7) is 2.14. The fraction of sp³-hybridized carbons (Fsp3) is 0.500. The lowest BCUT2D eigenvalue weighted by molar-refractivity contribution is 0.506. The Kier molecular flexibility index (Phi) is 5.23. The molecule has 0 aliphatic carbocycles. The summed E-state index contributed by atoms with van der Waals surface area (Å²) in [7, 11) is 0. The number of halogens is 3. The first-order valence-electron chi connectivity index (χ1n) is 5.21. The van der Waals surface area contributed by atoms with Crippen molar-refractivity contribution in [3.05, 3.63) is 35.4 Å². The van der Waals surface area contributed by atoms with E-state index in [9.17, 15) is 8.78 Å². The van der Waals surface area contributed by atoms with Crippen LogP contribution < -0.4 is 0 Å². The normalized spacial score (nSPS) is 12.8. The summed E-state index contributed by atoms with van der Waals surface area (Å²) in [6, 6.07) is 4.10. The summed E-state index contributed by atoms with van der Waals surface area (Å²) < 4.78 is 25.5. The van der Waals surface area contributed by atoms with Crippen LogP contribution >= 0.6 is 15.9 Å². The van der Waals surface area contributed by atoms with Crippen LogP contribution in [0, 0.1) is 11.6 Å². The molecule has 15 heavy (non-hydrogen) atoms. The van der Waals surface area contributed by atoms with Gasteiger partial charge in [-0.05, 0) is 30.5 Å². The number of unbranched alkanes of at least 4 members (excludes halogenated alkanes) is 1. The van der Waals surface area contributed by atoms with Crippen LogP contribution in [0.3, 0.4) is 0 Å². The Balaban J connectivity index is 2.53. The lowest BCUT2D eigenvalue weighted by Crippen LogP contribution is -2.03. The average molecular weight is 277 g/mol. The van der Waals surface area contributed by atoms with Gasteiger partial charge >= 0.3 is 0 Å². The minimum Gasteiger partial charge on any atom is -0.204 e. The third kappa shape index (κ3) is 4.29. The lowest BCUT2D eigenvalue weighted by atomic mass is 10.1. The molecule has 1 aromatic rings. The molecule has 0 aliphatic rings. The van der Waals surface area contributed by atoms with Crippen LogP contribution in [-0.2, 0) is 6.42 Å². The molecule has 1 rings (SSSR count). The molecule has 0 nitrogen and oxygen atoms in total. The van der Waals surface area contributed by atoms with Crippen molar-refractivity contribution in [2.24, 2.45) is 0 Å². The van der Waals surface area contributed by atoms with Gasteiger partial charge in [0.05, 0.1) is 0 Å². The van der Waals surface area contributed by atoms with E-state index in [0.717, 1.165) is 31.2 Å². The van der Waals surface area contributed by atoms with Gasteiger partial charge in [0, 0.05) is 4.83 Å². The van der Waals surface area contributed by atoms with Crippen LogP contribution in [0.2, 0.25) is 0 Å². The van der Waals surface area contributed by atoms with Crippen molar-refractivity contribution in [1.82, 2.24) is 0 Å². The molecule has 0 saturated carbocycles. The topological polar surface area (TPSA) is 0 Å². The summed E-state index contributed by atoms with van der Waals surface area (Å²) in [5.74, 6) is -1.54. The minimum absolute atomic E-state index is 0.349. The fourth-order valence-corrected chi connectivity index (χ4v) is 2.15. The highest BCUT2D eigenvalue weighted by molar-refractivity contribution is 9.09. The van der Waals surface area contributed by atoms with E-state index in [0.29, 0.717) is 4.83 Å². The maximum atomic E-state index is 12.9. The first-order valence-corrected chi connectivity index (χ1v) is 6.13. The molecule has 1 unspecified atom stereocenters. The summed E-state index contributed by atoms with van der Waals surface area (Å²) in [4.78, 5) is 0.349. The number of benzene rings is 1. The van der Waals surface area contributed by atoms with E-state index in [-0.39, 0.29) is 0 Å². The van der Waals surface area contributed by atoms with Gasteiger partial charge in [-0.15, -0.1) is 0 Å². The van der Waals surface area contributed by atoms with Crippen molar-refractivity contribution >= 4 is 15.9 Å². The Morgan fingerprint density at radius 3 is 2.60 bits per heavy atom. The molecule has 0 N–H and O–H groups in total. The Morgan fingerprint density at radius 2 is 2.00 bits per heavy atom. The van der Waals surface area contributed by atoms with Crippen molar-refractivity contribution in [2.45, 2.75) is 37.4 Å². The Bertz CT molecular complexity index is 312. The maximum Gasteiger partial charge on any atom is 0.159 e. The third-order valence-corrected chi connectivity index (χ3v) is 3.09. The SMILES string of the molecule is CCCCC(Br)Cc1ccc(F)c(F)c1. The van der Waals surface area contributed by atoms with Crippen molar-refractivity contribution in [1.29, 1.82) is 0 Å². The highest BCUT2D eigenvalue weighted by Gasteiger charge is 2.07. The van der Waals surface area contributed by atoms with E-state index in [2.05, 4.69) is 22.9 Å². The van der Waals surface area contributed by atoms with Crippen molar-refractivity contribution in [3.8, 4) is 0 Å². The van der Waals surface area contributed by atoms with Crippen LogP contribution in [0.15, 0.2) is 18.2 Å². The molecule has 1 aromatic carbocycles. The van der Waals surface area contributed by atoms with E-state index >= 15 is 0 Å². The fourth-order valence-electron chi connectivity index (χ4n) is 1.45. The zero-order valence-corrected chi connectivity index (χ0v) is 10.4. The Hall–Kier alpha value is -0.440. The first-order chi connectivity index (χ1) is 7.13. The number of hydrogen-bond acceptors (Lipinski definition) is 0. The van der Waals surface area contributed by atoms with Crippen LogP contribution in [0.4, 0.5) is 8.78 Å². The molecule has 0 radical (unpaired) electrons. The quantitative estimate of drug-likeness (QED) is 0.697. The molecule has 0 heterocycles.